The number of hydrogen-bond acceptors (Lipinski definition) is 5. The van der Waals surface area contributed by atoms with Crippen LogP contribution in [0, 0.1) is 0 Å². The largest absolute Gasteiger partial charge is 0.472 e. The van der Waals surface area contributed by atoms with E-state index in [4.69, 9.17) is 4.74 Å². The topological polar surface area (TPSA) is 50.3 Å². The van der Waals surface area contributed by atoms with Crippen molar-refractivity contribution >= 4 is 11.4 Å². The van der Waals surface area contributed by atoms with E-state index in [1.54, 1.807) is 6.20 Å². The van der Waals surface area contributed by atoms with E-state index >= 15 is 0 Å². The fourth-order valence-electron chi connectivity index (χ4n) is 3.10. The SMILES string of the molecule is C1=C(COc2cncc(N3CCNCC3)n2)c2ccccc2C1. The number of rotatable bonds is 4. The fraction of sp³-hybridized carbons (Fsp3) is 0.333. The first-order valence-corrected chi connectivity index (χ1v) is 8.08. The number of nitrogens with one attached hydrogen (secondary N) is 1. The molecule has 2 heterocycles. The lowest BCUT2D eigenvalue weighted by atomic mass is 10.1. The summed E-state index contributed by atoms with van der Waals surface area (Å²) in [5.74, 6) is 1.48. The summed E-state index contributed by atoms with van der Waals surface area (Å²) < 4.78 is 5.89. The summed E-state index contributed by atoms with van der Waals surface area (Å²) in [6.45, 7) is 4.41. The van der Waals surface area contributed by atoms with Crippen LogP contribution < -0.4 is 15.0 Å². The van der Waals surface area contributed by atoms with Gasteiger partial charge in [-0.3, -0.25) is 4.98 Å². The van der Waals surface area contributed by atoms with Gasteiger partial charge in [0.05, 0.1) is 12.4 Å². The maximum absolute atomic E-state index is 5.89. The first kappa shape index (κ1) is 14.2. The van der Waals surface area contributed by atoms with Crippen LogP contribution in [0.4, 0.5) is 5.82 Å². The Balaban J connectivity index is 1.44. The van der Waals surface area contributed by atoms with E-state index in [9.17, 15) is 0 Å². The Morgan fingerprint density at radius 2 is 2.00 bits per heavy atom. The second kappa shape index (κ2) is 6.38. The number of aromatic nitrogens is 2. The molecule has 1 aliphatic carbocycles. The molecule has 0 amide bonds. The third-order valence-electron chi connectivity index (χ3n) is 4.35. The second-order valence-electron chi connectivity index (χ2n) is 5.83. The molecular formula is C18H20N4O. The number of nitrogens with zero attached hydrogens (tertiary/aromatic N) is 3. The lowest BCUT2D eigenvalue weighted by Crippen LogP contribution is -2.43. The van der Waals surface area contributed by atoms with Crippen LogP contribution in [0.3, 0.4) is 0 Å². The average molecular weight is 308 g/mol. The molecular weight excluding hydrogens is 288 g/mol. The molecule has 1 aliphatic heterocycles. The predicted octanol–water partition coefficient (Wildman–Crippen LogP) is 1.90. The Morgan fingerprint density at radius 1 is 1.13 bits per heavy atom. The molecule has 0 unspecified atom stereocenters. The Hall–Kier alpha value is -2.40. The highest BCUT2D eigenvalue weighted by atomic mass is 16.5. The second-order valence-corrected chi connectivity index (χ2v) is 5.83. The maximum Gasteiger partial charge on any atom is 0.234 e. The zero-order valence-electron chi connectivity index (χ0n) is 13.0. The van der Waals surface area contributed by atoms with Gasteiger partial charge < -0.3 is 15.0 Å². The molecule has 23 heavy (non-hydrogen) atoms. The zero-order chi connectivity index (χ0) is 15.5. The van der Waals surface area contributed by atoms with Crippen LogP contribution in [0.25, 0.3) is 5.57 Å². The van der Waals surface area contributed by atoms with Crippen LogP contribution in [0.2, 0.25) is 0 Å². The third kappa shape index (κ3) is 3.05. The lowest BCUT2D eigenvalue weighted by Gasteiger charge is -2.28. The van der Waals surface area contributed by atoms with E-state index in [0.717, 1.165) is 38.4 Å². The van der Waals surface area contributed by atoms with Gasteiger partial charge in [-0.05, 0) is 23.1 Å². The molecule has 1 aromatic heterocycles. The van der Waals surface area contributed by atoms with Crippen molar-refractivity contribution in [3.8, 4) is 5.88 Å². The molecule has 0 saturated carbocycles. The standard InChI is InChI=1S/C18H20N4O/c1-2-4-16-14(3-1)5-6-15(16)13-23-18-12-20-11-17(21-18)22-9-7-19-8-10-22/h1-4,6,11-12,19H,5,7-10,13H2. The van der Waals surface area contributed by atoms with Crippen molar-refractivity contribution in [3.05, 3.63) is 53.9 Å². The van der Waals surface area contributed by atoms with Gasteiger partial charge in [0.1, 0.15) is 6.61 Å². The summed E-state index contributed by atoms with van der Waals surface area (Å²) in [5.41, 5.74) is 3.89. The summed E-state index contributed by atoms with van der Waals surface area (Å²) in [4.78, 5) is 11.1. The predicted molar refractivity (Wildman–Crippen MR) is 90.7 cm³/mol. The molecule has 2 aromatic rings. The highest BCUT2D eigenvalue weighted by Gasteiger charge is 2.15. The van der Waals surface area contributed by atoms with Gasteiger partial charge in [0.25, 0.3) is 0 Å². The van der Waals surface area contributed by atoms with E-state index in [-0.39, 0.29) is 0 Å². The van der Waals surface area contributed by atoms with Crippen LogP contribution in [0.15, 0.2) is 42.7 Å². The van der Waals surface area contributed by atoms with Crippen LogP contribution >= 0.6 is 0 Å². The summed E-state index contributed by atoms with van der Waals surface area (Å²) in [6, 6.07) is 8.48. The molecule has 0 bridgehead atoms. The van der Waals surface area contributed by atoms with Crippen molar-refractivity contribution in [1.82, 2.24) is 15.3 Å². The van der Waals surface area contributed by atoms with Gasteiger partial charge in [-0.25, -0.2) is 0 Å². The van der Waals surface area contributed by atoms with E-state index < -0.39 is 0 Å². The van der Waals surface area contributed by atoms with E-state index in [1.165, 1.54) is 16.7 Å². The molecule has 0 spiro atoms. The highest BCUT2D eigenvalue weighted by Crippen LogP contribution is 2.27. The maximum atomic E-state index is 5.89. The van der Waals surface area contributed by atoms with Crippen molar-refractivity contribution in [1.29, 1.82) is 0 Å². The number of fused-ring (bicyclic) bond motifs is 1. The summed E-state index contributed by atoms with van der Waals surface area (Å²) in [7, 11) is 0. The van der Waals surface area contributed by atoms with Crippen LogP contribution in [0.5, 0.6) is 5.88 Å². The Kier molecular flexibility index (Phi) is 3.94. The molecule has 1 N–H and O–H groups in total. The number of allylic oxidation sites excluding steroid dienone is 1. The molecule has 0 radical (unpaired) electrons. The monoisotopic (exact) mass is 308 g/mol. The smallest absolute Gasteiger partial charge is 0.234 e. The number of benzene rings is 1. The molecule has 118 valence electrons. The Morgan fingerprint density at radius 3 is 2.91 bits per heavy atom. The van der Waals surface area contributed by atoms with Crippen LogP contribution in [-0.4, -0.2) is 42.8 Å². The number of anilines is 1. The summed E-state index contributed by atoms with van der Waals surface area (Å²) in [6.07, 6.45) is 6.72. The van der Waals surface area contributed by atoms with Crippen LogP contribution in [-0.2, 0) is 6.42 Å². The number of hydrogen-bond donors (Lipinski definition) is 1. The normalized spacial score (nSPS) is 16.9. The van der Waals surface area contributed by atoms with Crippen molar-refractivity contribution < 1.29 is 4.74 Å². The van der Waals surface area contributed by atoms with Crippen molar-refractivity contribution in [2.24, 2.45) is 0 Å². The van der Waals surface area contributed by atoms with Gasteiger partial charge in [0.2, 0.25) is 5.88 Å². The molecule has 1 saturated heterocycles. The first-order chi connectivity index (χ1) is 11.4. The van der Waals surface area contributed by atoms with E-state index in [0.29, 0.717) is 12.5 Å². The molecule has 5 heteroatoms. The van der Waals surface area contributed by atoms with Gasteiger partial charge in [0, 0.05) is 26.2 Å². The molecule has 1 fully saturated rings. The minimum Gasteiger partial charge on any atom is -0.472 e. The Bertz CT molecular complexity index is 722. The lowest BCUT2D eigenvalue weighted by molar-refractivity contribution is 0.353. The van der Waals surface area contributed by atoms with Crippen molar-refractivity contribution in [2.75, 3.05) is 37.7 Å². The first-order valence-electron chi connectivity index (χ1n) is 8.08. The van der Waals surface area contributed by atoms with Gasteiger partial charge >= 0.3 is 0 Å². The van der Waals surface area contributed by atoms with Gasteiger partial charge in [0.15, 0.2) is 5.82 Å². The minimum atomic E-state index is 0.538. The van der Waals surface area contributed by atoms with Crippen molar-refractivity contribution in [3.63, 3.8) is 0 Å². The summed E-state index contributed by atoms with van der Waals surface area (Å²) >= 11 is 0. The van der Waals surface area contributed by atoms with E-state index in [1.807, 2.05) is 6.20 Å². The number of piperazine rings is 1. The Labute approximate surface area is 136 Å². The molecule has 5 nitrogen and oxygen atoms in total. The summed E-state index contributed by atoms with van der Waals surface area (Å²) in [5, 5.41) is 3.34. The molecule has 2 aliphatic rings. The van der Waals surface area contributed by atoms with E-state index in [2.05, 4.69) is 50.5 Å². The zero-order valence-corrected chi connectivity index (χ0v) is 13.0. The number of ether oxygens (including phenoxy) is 1. The fourth-order valence-corrected chi connectivity index (χ4v) is 3.10. The van der Waals surface area contributed by atoms with Crippen molar-refractivity contribution in [2.45, 2.75) is 6.42 Å². The molecule has 0 atom stereocenters. The van der Waals surface area contributed by atoms with Gasteiger partial charge in [-0.15, -0.1) is 0 Å². The van der Waals surface area contributed by atoms with Gasteiger partial charge in [-0.1, -0.05) is 30.3 Å². The third-order valence-corrected chi connectivity index (χ3v) is 4.35. The van der Waals surface area contributed by atoms with Crippen LogP contribution in [0.1, 0.15) is 11.1 Å². The quantitative estimate of drug-likeness (QED) is 0.935. The van der Waals surface area contributed by atoms with Gasteiger partial charge in [-0.2, -0.15) is 4.98 Å². The highest BCUT2D eigenvalue weighted by molar-refractivity contribution is 5.73. The molecule has 1 aromatic carbocycles. The molecule has 4 rings (SSSR count). The average Bonchev–Trinajstić information content (AvgIpc) is 3.04. The minimum absolute atomic E-state index is 0.538.